The van der Waals surface area contributed by atoms with Crippen molar-refractivity contribution in [1.29, 1.82) is 0 Å². The average molecular weight is 462 g/mol. The van der Waals surface area contributed by atoms with Crippen LogP contribution in [0.5, 0.6) is 5.75 Å². The lowest BCUT2D eigenvalue weighted by molar-refractivity contribution is -0.122. The van der Waals surface area contributed by atoms with E-state index >= 15 is 0 Å². The quantitative estimate of drug-likeness (QED) is 0.380. The number of hydrogen-bond donors (Lipinski definition) is 2. The van der Waals surface area contributed by atoms with Crippen LogP contribution in [0.1, 0.15) is 19.6 Å². The van der Waals surface area contributed by atoms with Crippen LogP contribution in [0, 0.1) is 0 Å². The van der Waals surface area contributed by atoms with Crippen LogP contribution in [-0.2, 0) is 16.1 Å². The molecular formula is C25H23N3O4S. The maximum Gasteiger partial charge on any atom is 0.266 e. The highest BCUT2D eigenvalue weighted by Crippen LogP contribution is 2.27. The van der Waals surface area contributed by atoms with Crippen LogP contribution >= 0.6 is 11.3 Å². The number of furan rings is 1. The Bertz CT molecular complexity index is 1230. The third kappa shape index (κ3) is 5.87. The molecule has 2 aromatic carbocycles. The first-order valence-corrected chi connectivity index (χ1v) is 11.3. The summed E-state index contributed by atoms with van der Waals surface area (Å²) in [4.78, 5) is 28.0. The van der Waals surface area contributed by atoms with Gasteiger partial charge >= 0.3 is 0 Å². The van der Waals surface area contributed by atoms with Crippen LogP contribution in [0.15, 0.2) is 76.5 Å². The molecule has 4 aromatic rings. The van der Waals surface area contributed by atoms with Gasteiger partial charge in [0.05, 0.1) is 6.54 Å². The molecule has 4 rings (SSSR count). The zero-order valence-corrected chi connectivity index (χ0v) is 19.0. The van der Waals surface area contributed by atoms with E-state index in [0.717, 1.165) is 11.1 Å². The van der Waals surface area contributed by atoms with Crippen LogP contribution in [0.2, 0.25) is 0 Å². The number of amides is 2. The number of carbonyl (C=O) groups excluding carboxylic acids is 2. The Morgan fingerprint density at radius 3 is 2.48 bits per heavy atom. The molecule has 1 atom stereocenters. The lowest BCUT2D eigenvalue weighted by Crippen LogP contribution is -2.30. The number of nitrogens with zero attached hydrogens (tertiary/aromatic N) is 1. The Labute approximate surface area is 195 Å². The summed E-state index contributed by atoms with van der Waals surface area (Å²) in [7, 11) is 0. The maximum absolute atomic E-state index is 12.6. The number of aromatic nitrogens is 1. The van der Waals surface area contributed by atoms with Crippen molar-refractivity contribution >= 4 is 28.3 Å². The average Bonchev–Trinajstić information content (AvgIpc) is 3.48. The first kappa shape index (κ1) is 22.3. The first-order valence-electron chi connectivity index (χ1n) is 10.4. The predicted molar refractivity (Wildman–Crippen MR) is 128 cm³/mol. The molecule has 8 heteroatoms. The highest BCUT2D eigenvalue weighted by atomic mass is 32.1. The lowest BCUT2D eigenvalue weighted by Gasteiger charge is -2.14. The molecule has 0 bridgehead atoms. The van der Waals surface area contributed by atoms with Gasteiger partial charge in [0, 0.05) is 12.3 Å². The van der Waals surface area contributed by atoms with E-state index in [2.05, 4.69) is 15.6 Å². The molecule has 0 aliphatic rings. The molecule has 168 valence electrons. The molecule has 2 amide bonds. The molecule has 0 fully saturated rings. The lowest BCUT2D eigenvalue weighted by atomic mass is 10.1. The number of anilines is 1. The number of carbonyl (C=O) groups is 2. The van der Waals surface area contributed by atoms with Gasteiger partial charge in [-0.25, -0.2) is 4.98 Å². The summed E-state index contributed by atoms with van der Waals surface area (Å²) in [6, 6.07) is 21.2. The van der Waals surface area contributed by atoms with E-state index in [9.17, 15) is 9.59 Å². The smallest absolute Gasteiger partial charge is 0.266 e. The zero-order chi connectivity index (χ0) is 23.2. The second-order valence-corrected chi connectivity index (χ2v) is 8.21. The topological polar surface area (TPSA) is 93.5 Å². The second-order valence-electron chi connectivity index (χ2n) is 7.35. The summed E-state index contributed by atoms with van der Waals surface area (Å²) in [5.41, 5.74) is 2.80. The Hall–Kier alpha value is -3.91. The van der Waals surface area contributed by atoms with Gasteiger partial charge in [-0.05, 0) is 42.3 Å². The summed E-state index contributed by atoms with van der Waals surface area (Å²) in [6.45, 7) is 3.45. The highest BCUT2D eigenvalue weighted by Gasteiger charge is 2.17. The fraction of sp³-hybridized carbons (Fsp3) is 0.160. The largest absolute Gasteiger partial charge is 0.481 e. The van der Waals surface area contributed by atoms with Crippen molar-refractivity contribution in [2.75, 3.05) is 5.32 Å². The Morgan fingerprint density at radius 2 is 1.76 bits per heavy atom. The van der Waals surface area contributed by atoms with Crippen molar-refractivity contribution in [3.63, 3.8) is 0 Å². The molecule has 0 aliphatic carbocycles. The molecule has 1 unspecified atom stereocenters. The Balaban J connectivity index is 1.33. The number of rotatable bonds is 8. The number of benzene rings is 2. The van der Waals surface area contributed by atoms with Gasteiger partial charge in [-0.15, -0.1) is 11.3 Å². The van der Waals surface area contributed by atoms with E-state index in [1.807, 2.05) is 54.6 Å². The molecule has 0 saturated carbocycles. The Morgan fingerprint density at radius 1 is 1.03 bits per heavy atom. The minimum atomic E-state index is -0.701. The highest BCUT2D eigenvalue weighted by molar-refractivity contribution is 7.14. The van der Waals surface area contributed by atoms with Gasteiger partial charge in [0.1, 0.15) is 17.2 Å². The molecule has 0 saturated heterocycles. The summed E-state index contributed by atoms with van der Waals surface area (Å²) >= 11 is 1.30. The monoisotopic (exact) mass is 461 g/mol. The van der Waals surface area contributed by atoms with Crippen LogP contribution in [0.4, 0.5) is 5.13 Å². The maximum atomic E-state index is 12.6. The molecule has 2 aromatic heterocycles. The molecule has 33 heavy (non-hydrogen) atoms. The van der Waals surface area contributed by atoms with Crippen LogP contribution < -0.4 is 15.4 Å². The van der Waals surface area contributed by atoms with Crippen molar-refractivity contribution in [2.24, 2.45) is 0 Å². The van der Waals surface area contributed by atoms with Crippen molar-refractivity contribution in [2.45, 2.75) is 26.5 Å². The van der Waals surface area contributed by atoms with Crippen molar-refractivity contribution < 1.29 is 18.7 Å². The molecule has 0 radical (unpaired) electrons. The van der Waals surface area contributed by atoms with E-state index in [0.29, 0.717) is 34.6 Å². The first-order chi connectivity index (χ1) is 16.0. The van der Waals surface area contributed by atoms with Gasteiger partial charge in [-0.3, -0.25) is 14.9 Å². The molecule has 0 spiro atoms. The predicted octanol–water partition coefficient (Wildman–Crippen LogP) is 5.11. The summed E-state index contributed by atoms with van der Waals surface area (Å²) < 4.78 is 11.5. The number of thiazole rings is 1. The van der Waals surface area contributed by atoms with Crippen LogP contribution in [0.25, 0.3) is 22.6 Å². The summed E-state index contributed by atoms with van der Waals surface area (Å²) in [6.07, 6.45) is -0.701. The second kappa shape index (κ2) is 10.1. The van der Waals surface area contributed by atoms with Crippen molar-refractivity contribution in [3.8, 4) is 28.3 Å². The molecule has 0 aliphatic heterocycles. The van der Waals surface area contributed by atoms with Gasteiger partial charge in [0.15, 0.2) is 17.0 Å². The zero-order valence-electron chi connectivity index (χ0n) is 18.2. The van der Waals surface area contributed by atoms with Gasteiger partial charge < -0.3 is 14.5 Å². The van der Waals surface area contributed by atoms with Gasteiger partial charge in [0.25, 0.3) is 5.91 Å². The summed E-state index contributed by atoms with van der Waals surface area (Å²) in [5, 5.41) is 7.71. The van der Waals surface area contributed by atoms with E-state index < -0.39 is 6.10 Å². The fourth-order valence-corrected chi connectivity index (χ4v) is 3.79. The normalized spacial score (nSPS) is 11.6. The van der Waals surface area contributed by atoms with Crippen LogP contribution in [-0.4, -0.2) is 22.9 Å². The fourth-order valence-electron chi connectivity index (χ4n) is 3.09. The number of nitrogens with one attached hydrogen (secondary N) is 2. The van der Waals surface area contributed by atoms with Gasteiger partial charge in [0.2, 0.25) is 5.91 Å². The SMILES string of the molecule is CC(=O)NCc1ccc(-c2csc(NC(=O)C(C)Oc3ccc(-c4ccccc4)cc3)n2)o1. The van der Waals surface area contributed by atoms with Gasteiger partial charge in [-0.2, -0.15) is 0 Å². The van der Waals surface area contributed by atoms with E-state index in [4.69, 9.17) is 9.15 Å². The minimum absolute atomic E-state index is 0.130. The van der Waals surface area contributed by atoms with Crippen molar-refractivity contribution in [3.05, 3.63) is 77.9 Å². The number of hydrogen-bond acceptors (Lipinski definition) is 6. The third-order valence-corrected chi connectivity index (χ3v) is 5.56. The van der Waals surface area contributed by atoms with Crippen molar-refractivity contribution in [1.82, 2.24) is 10.3 Å². The van der Waals surface area contributed by atoms with E-state index in [-0.39, 0.29) is 11.8 Å². The molecular weight excluding hydrogens is 438 g/mol. The van der Waals surface area contributed by atoms with E-state index in [1.54, 1.807) is 24.4 Å². The van der Waals surface area contributed by atoms with E-state index in [1.165, 1.54) is 18.3 Å². The molecule has 2 heterocycles. The summed E-state index contributed by atoms with van der Waals surface area (Å²) in [5.74, 6) is 1.37. The van der Waals surface area contributed by atoms with Crippen LogP contribution in [0.3, 0.4) is 0 Å². The molecule has 7 nitrogen and oxygen atoms in total. The minimum Gasteiger partial charge on any atom is -0.481 e. The molecule has 2 N–H and O–H groups in total. The third-order valence-electron chi connectivity index (χ3n) is 4.80. The van der Waals surface area contributed by atoms with Gasteiger partial charge in [-0.1, -0.05) is 42.5 Å². The Kier molecular flexibility index (Phi) is 6.85. The number of ether oxygens (including phenoxy) is 1. The standard InChI is InChI=1S/C25H23N3O4S/c1-16(31-20-10-8-19(9-11-20)18-6-4-3-5-7-18)24(30)28-25-27-22(15-33-25)23-13-12-21(32-23)14-26-17(2)29/h3-13,15-16H,14H2,1-2H3,(H,26,29)(H,27,28,30).